The van der Waals surface area contributed by atoms with Crippen LogP contribution in [-0.4, -0.2) is 63.6 Å². The third-order valence-corrected chi connectivity index (χ3v) is 7.37. The molecule has 2 amide bonds. The Morgan fingerprint density at radius 2 is 1.88 bits per heavy atom. The van der Waals surface area contributed by atoms with Crippen molar-refractivity contribution < 1.29 is 24.6 Å². The number of fused-ring (bicyclic) bond motifs is 1. The highest BCUT2D eigenvalue weighted by Gasteiger charge is 2.30. The molecule has 2 unspecified atom stereocenters. The minimum absolute atomic E-state index is 0.102. The Hall–Kier alpha value is -4.44. The third-order valence-electron chi connectivity index (χ3n) is 7.37. The molecule has 0 aliphatic carbocycles. The van der Waals surface area contributed by atoms with Crippen molar-refractivity contribution in [2.24, 2.45) is 5.92 Å². The van der Waals surface area contributed by atoms with E-state index in [-0.39, 0.29) is 24.2 Å². The second-order valence-corrected chi connectivity index (χ2v) is 10.3. The van der Waals surface area contributed by atoms with Crippen LogP contribution in [0.3, 0.4) is 0 Å². The van der Waals surface area contributed by atoms with E-state index in [4.69, 9.17) is 0 Å². The number of aliphatic hydroxyl groups is 1. The van der Waals surface area contributed by atoms with E-state index < -0.39 is 18.1 Å². The minimum Gasteiger partial charge on any atom is -0.481 e. The van der Waals surface area contributed by atoms with Gasteiger partial charge in [-0.15, -0.1) is 0 Å². The number of nitrogens with one attached hydrogen (secondary N) is 3. The molecule has 0 spiro atoms. The van der Waals surface area contributed by atoms with E-state index in [1.807, 2.05) is 48.5 Å². The molecule has 10 heteroatoms. The van der Waals surface area contributed by atoms with Gasteiger partial charge in [-0.05, 0) is 61.2 Å². The Morgan fingerprint density at radius 1 is 1.07 bits per heavy atom. The SMILES string of the molecule is O=C(O)CC(NC(=O)C1CCN(C(=O)c2cccc(NC3=CCC(O)CN3)c2)CC1)c1cnc2ccccc2c1. The fourth-order valence-corrected chi connectivity index (χ4v) is 5.14. The van der Waals surface area contributed by atoms with Gasteiger partial charge in [0.05, 0.1) is 29.9 Å². The number of carboxylic acid groups (broad SMARTS) is 1. The molecule has 5 N–H and O–H groups in total. The molecule has 3 aromatic rings. The van der Waals surface area contributed by atoms with Crippen LogP contribution in [0.15, 0.2) is 72.7 Å². The van der Waals surface area contributed by atoms with Crippen molar-refractivity contribution in [3.63, 3.8) is 0 Å². The van der Waals surface area contributed by atoms with Crippen LogP contribution in [0.25, 0.3) is 10.9 Å². The maximum atomic E-state index is 13.2. The van der Waals surface area contributed by atoms with Crippen molar-refractivity contribution in [3.8, 4) is 0 Å². The monoisotopic (exact) mass is 543 g/mol. The van der Waals surface area contributed by atoms with Gasteiger partial charge in [0, 0.05) is 48.4 Å². The summed E-state index contributed by atoms with van der Waals surface area (Å²) in [5.74, 6) is -0.849. The van der Waals surface area contributed by atoms with E-state index in [2.05, 4.69) is 20.9 Å². The highest BCUT2D eigenvalue weighted by molar-refractivity contribution is 5.95. The predicted molar refractivity (Wildman–Crippen MR) is 150 cm³/mol. The highest BCUT2D eigenvalue weighted by Crippen LogP contribution is 2.25. The van der Waals surface area contributed by atoms with Gasteiger partial charge in [0.2, 0.25) is 5.91 Å². The number of piperidine rings is 1. The number of aliphatic hydroxyl groups excluding tert-OH is 1. The molecule has 2 aliphatic heterocycles. The Kier molecular flexibility index (Phi) is 8.26. The molecule has 1 aromatic heterocycles. The van der Waals surface area contributed by atoms with Crippen LogP contribution in [0.5, 0.6) is 0 Å². The molecular weight excluding hydrogens is 510 g/mol. The molecule has 2 atom stereocenters. The van der Waals surface area contributed by atoms with Crippen LogP contribution >= 0.6 is 0 Å². The Bertz CT molecular complexity index is 1430. The third kappa shape index (κ3) is 6.58. The lowest BCUT2D eigenvalue weighted by atomic mass is 9.94. The average molecular weight is 544 g/mol. The van der Waals surface area contributed by atoms with Crippen LogP contribution < -0.4 is 16.0 Å². The fourth-order valence-electron chi connectivity index (χ4n) is 5.14. The van der Waals surface area contributed by atoms with Gasteiger partial charge >= 0.3 is 5.97 Å². The minimum atomic E-state index is -1.01. The van der Waals surface area contributed by atoms with Crippen molar-refractivity contribution >= 4 is 34.4 Å². The van der Waals surface area contributed by atoms with Crippen molar-refractivity contribution in [3.05, 3.63) is 83.8 Å². The number of para-hydroxylation sites is 1. The van der Waals surface area contributed by atoms with Gasteiger partial charge in [0.15, 0.2) is 0 Å². The lowest BCUT2D eigenvalue weighted by Crippen LogP contribution is -2.44. The number of likely N-dealkylation sites (tertiary alicyclic amines) is 1. The van der Waals surface area contributed by atoms with Gasteiger partial charge in [-0.25, -0.2) is 0 Å². The topological polar surface area (TPSA) is 144 Å². The van der Waals surface area contributed by atoms with Gasteiger partial charge < -0.3 is 31.1 Å². The van der Waals surface area contributed by atoms with Crippen LogP contribution in [0, 0.1) is 5.92 Å². The summed E-state index contributed by atoms with van der Waals surface area (Å²) in [5.41, 5.74) is 2.76. The number of β-amino-alcohol motifs (C(OH)–C–C–N with tert-alkyl or cyclic N) is 1. The molecule has 0 saturated carbocycles. The molecule has 1 fully saturated rings. The number of carbonyl (C=O) groups is 3. The normalized spacial score (nSPS) is 18.4. The summed E-state index contributed by atoms with van der Waals surface area (Å²) in [6, 6.07) is 16.0. The van der Waals surface area contributed by atoms with E-state index in [9.17, 15) is 24.6 Å². The summed E-state index contributed by atoms with van der Waals surface area (Å²) >= 11 is 0. The number of carboxylic acids is 1. The maximum Gasteiger partial charge on any atom is 0.305 e. The van der Waals surface area contributed by atoms with Gasteiger partial charge in [0.1, 0.15) is 0 Å². The van der Waals surface area contributed by atoms with Gasteiger partial charge in [0.25, 0.3) is 5.91 Å². The van der Waals surface area contributed by atoms with Crippen molar-refractivity contribution in [2.75, 3.05) is 25.0 Å². The summed E-state index contributed by atoms with van der Waals surface area (Å²) in [4.78, 5) is 44.1. The number of benzene rings is 2. The molecule has 5 rings (SSSR count). The zero-order valence-electron chi connectivity index (χ0n) is 22.0. The first-order valence-electron chi connectivity index (χ1n) is 13.5. The fraction of sp³-hybridized carbons (Fsp3) is 0.333. The molecule has 2 aromatic carbocycles. The van der Waals surface area contributed by atoms with Crippen LogP contribution in [-0.2, 0) is 9.59 Å². The van der Waals surface area contributed by atoms with Gasteiger partial charge in [-0.3, -0.25) is 19.4 Å². The number of aliphatic carboxylic acids is 1. The van der Waals surface area contributed by atoms with Crippen LogP contribution in [0.2, 0.25) is 0 Å². The van der Waals surface area contributed by atoms with Crippen LogP contribution in [0.1, 0.15) is 47.6 Å². The molecule has 3 heterocycles. The summed E-state index contributed by atoms with van der Waals surface area (Å²) in [5, 5.41) is 29.3. The average Bonchev–Trinajstić information content (AvgIpc) is 2.97. The lowest BCUT2D eigenvalue weighted by molar-refractivity contribution is -0.138. The zero-order chi connectivity index (χ0) is 28.1. The van der Waals surface area contributed by atoms with E-state index in [1.165, 1.54) is 0 Å². The van der Waals surface area contributed by atoms with E-state index in [0.29, 0.717) is 50.0 Å². The standard InChI is InChI=1S/C30H33N5O5/c36-24-8-9-27(32-18-24)33-23-6-3-5-21(15-23)30(40)35-12-10-19(11-13-35)29(39)34-26(16-28(37)38)22-14-20-4-1-2-7-25(20)31-17-22/h1-7,9,14-15,17,19,24,26,32-33,36H,8,10-13,16,18H2,(H,34,39)(H,37,38). The first-order chi connectivity index (χ1) is 19.4. The van der Waals surface area contributed by atoms with Gasteiger partial charge in [-0.1, -0.05) is 24.3 Å². The van der Waals surface area contributed by atoms with E-state index >= 15 is 0 Å². The molecule has 40 heavy (non-hydrogen) atoms. The van der Waals surface area contributed by atoms with Crippen molar-refractivity contribution in [1.82, 2.24) is 20.5 Å². The second kappa shape index (κ2) is 12.2. The molecule has 208 valence electrons. The number of aromatic nitrogens is 1. The lowest BCUT2D eigenvalue weighted by Gasteiger charge is -2.32. The smallest absolute Gasteiger partial charge is 0.305 e. The first-order valence-corrected chi connectivity index (χ1v) is 13.5. The number of anilines is 1. The number of hydrogen-bond donors (Lipinski definition) is 5. The van der Waals surface area contributed by atoms with Crippen molar-refractivity contribution in [1.29, 1.82) is 0 Å². The molecular formula is C30H33N5O5. The highest BCUT2D eigenvalue weighted by atomic mass is 16.4. The molecule has 0 radical (unpaired) electrons. The predicted octanol–water partition coefficient (Wildman–Crippen LogP) is 3.03. The Morgan fingerprint density at radius 3 is 2.62 bits per heavy atom. The Labute approximate surface area is 232 Å². The van der Waals surface area contributed by atoms with Crippen LogP contribution in [0.4, 0.5) is 5.69 Å². The maximum absolute atomic E-state index is 13.2. The summed E-state index contributed by atoms with van der Waals surface area (Å²) < 4.78 is 0. The number of amides is 2. The summed E-state index contributed by atoms with van der Waals surface area (Å²) in [7, 11) is 0. The van der Waals surface area contributed by atoms with Gasteiger partial charge in [-0.2, -0.15) is 0 Å². The number of nitrogens with zero attached hydrogens (tertiary/aromatic N) is 2. The molecule has 2 aliphatic rings. The Balaban J connectivity index is 1.19. The number of pyridine rings is 1. The first kappa shape index (κ1) is 27.1. The molecule has 1 saturated heterocycles. The number of hydrogen-bond acceptors (Lipinski definition) is 7. The van der Waals surface area contributed by atoms with E-state index in [1.54, 1.807) is 23.2 Å². The summed E-state index contributed by atoms with van der Waals surface area (Å²) in [6.07, 6.45) is 4.39. The number of carbonyl (C=O) groups excluding carboxylic acids is 2. The molecule has 10 nitrogen and oxygen atoms in total. The van der Waals surface area contributed by atoms with E-state index in [0.717, 1.165) is 22.4 Å². The van der Waals surface area contributed by atoms with Crippen molar-refractivity contribution in [2.45, 2.75) is 37.8 Å². The number of rotatable bonds is 8. The quantitative estimate of drug-likeness (QED) is 0.292. The summed E-state index contributed by atoms with van der Waals surface area (Å²) in [6.45, 7) is 1.33. The second-order valence-electron chi connectivity index (χ2n) is 10.3. The molecule has 0 bridgehead atoms. The largest absolute Gasteiger partial charge is 0.481 e. The zero-order valence-corrected chi connectivity index (χ0v) is 22.0.